The van der Waals surface area contributed by atoms with Crippen LogP contribution in [-0.4, -0.2) is 37.9 Å². The predicted octanol–water partition coefficient (Wildman–Crippen LogP) is 3.43. The van der Waals surface area contributed by atoms with Gasteiger partial charge < -0.3 is 15.5 Å². The molecule has 0 heterocycles. The molecule has 2 N–H and O–H groups in total. The molecule has 2 aromatic carbocycles. The fourth-order valence-corrected chi connectivity index (χ4v) is 2.76. The molecule has 5 nitrogen and oxygen atoms in total. The zero-order valence-electron chi connectivity index (χ0n) is 16.5. The molecular formula is C21H29IN4O. The molecule has 0 atom stereocenters. The van der Waals surface area contributed by atoms with Crippen LogP contribution in [-0.2, 0) is 19.5 Å². The molecule has 0 saturated carbocycles. The van der Waals surface area contributed by atoms with E-state index in [9.17, 15) is 4.79 Å². The average Bonchev–Trinajstić information content (AvgIpc) is 2.68. The van der Waals surface area contributed by atoms with Gasteiger partial charge in [-0.25, -0.2) is 0 Å². The summed E-state index contributed by atoms with van der Waals surface area (Å²) < 4.78 is 0. The van der Waals surface area contributed by atoms with Crippen molar-refractivity contribution in [1.82, 2.24) is 15.5 Å². The lowest BCUT2D eigenvalue weighted by Crippen LogP contribution is -2.38. The van der Waals surface area contributed by atoms with Gasteiger partial charge in [-0.3, -0.25) is 9.79 Å². The van der Waals surface area contributed by atoms with E-state index in [1.807, 2.05) is 31.3 Å². The zero-order chi connectivity index (χ0) is 18.9. The average molecular weight is 480 g/mol. The Morgan fingerprint density at radius 2 is 1.74 bits per heavy atom. The molecule has 146 valence electrons. The van der Waals surface area contributed by atoms with Gasteiger partial charge in [0.25, 0.3) is 5.91 Å². The summed E-state index contributed by atoms with van der Waals surface area (Å²) in [6.07, 6.45) is 1.05. The molecule has 0 spiro atoms. The molecule has 0 aliphatic carbocycles. The van der Waals surface area contributed by atoms with E-state index in [1.54, 1.807) is 14.1 Å². The molecule has 2 rings (SSSR count). The van der Waals surface area contributed by atoms with Crippen LogP contribution in [0.15, 0.2) is 53.5 Å². The third-order valence-corrected chi connectivity index (χ3v) is 4.29. The highest BCUT2D eigenvalue weighted by Crippen LogP contribution is 2.08. The third-order valence-electron chi connectivity index (χ3n) is 4.29. The molecule has 0 aliphatic heterocycles. The molecule has 1 amide bonds. The molecule has 0 aliphatic rings. The number of carbonyl (C=O) groups is 1. The second-order valence-electron chi connectivity index (χ2n) is 6.21. The molecular weight excluding hydrogens is 451 g/mol. The van der Waals surface area contributed by atoms with Gasteiger partial charge in [0, 0.05) is 39.8 Å². The summed E-state index contributed by atoms with van der Waals surface area (Å²) in [7, 11) is 5.43. The van der Waals surface area contributed by atoms with Crippen molar-refractivity contribution in [1.29, 1.82) is 0 Å². The molecule has 0 fully saturated rings. The van der Waals surface area contributed by atoms with Gasteiger partial charge in [0.15, 0.2) is 5.96 Å². The van der Waals surface area contributed by atoms with E-state index in [0.29, 0.717) is 12.1 Å². The van der Waals surface area contributed by atoms with Crippen LogP contribution >= 0.6 is 24.0 Å². The number of nitrogens with one attached hydrogen (secondary N) is 2. The Hall–Kier alpha value is -2.09. The van der Waals surface area contributed by atoms with E-state index in [2.05, 4.69) is 51.7 Å². The Bertz CT molecular complexity index is 759. The van der Waals surface area contributed by atoms with Crippen LogP contribution in [0.5, 0.6) is 0 Å². The van der Waals surface area contributed by atoms with Gasteiger partial charge in [-0.15, -0.1) is 24.0 Å². The lowest BCUT2D eigenvalue weighted by atomic mass is 10.1. The normalized spacial score (nSPS) is 10.7. The third kappa shape index (κ3) is 6.86. The molecule has 0 radical (unpaired) electrons. The second kappa shape index (κ2) is 11.6. The molecule has 6 heteroatoms. The lowest BCUT2D eigenvalue weighted by molar-refractivity contribution is 0.0963. The first-order chi connectivity index (χ1) is 12.6. The van der Waals surface area contributed by atoms with E-state index >= 15 is 0 Å². The smallest absolute Gasteiger partial charge is 0.251 e. The summed E-state index contributed by atoms with van der Waals surface area (Å²) in [5, 5.41) is 6.00. The molecule has 2 aromatic rings. The minimum atomic E-state index is -0.0797. The summed E-state index contributed by atoms with van der Waals surface area (Å²) in [6.45, 7) is 3.55. The van der Waals surface area contributed by atoms with Crippen LogP contribution in [0.3, 0.4) is 0 Å². The van der Waals surface area contributed by atoms with Crippen LogP contribution in [0.2, 0.25) is 0 Å². The summed E-state index contributed by atoms with van der Waals surface area (Å²) in [5.74, 6) is 0.735. The fourth-order valence-electron chi connectivity index (χ4n) is 2.76. The fraction of sp³-hybridized carbons (Fsp3) is 0.333. The van der Waals surface area contributed by atoms with Gasteiger partial charge in [0.05, 0.1) is 0 Å². The molecule has 0 bridgehead atoms. The van der Waals surface area contributed by atoms with Crippen molar-refractivity contribution >= 4 is 35.8 Å². The number of aliphatic imine (C=N–C) groups is 1. The van der Waals surface area contributed by atoms with Gasteiger partial charge in [0.2, 0.25) is 0 Å². The minimum Gasteiger partial charge on any atom is -0.355 e. The van der Waals surface area contributed by atoms with E-state index in [1.165, 1.54) is 11.1 Å². The maximum atomic E-state index is 11.8. The Balaban J connectivity index is 0.00000364. The maximum absolute atomic E-state index is 11.8. The molecule has 0 aromatic heterocycles. The van der Waals surface area contributed by atoms with Crippen LogP contribution in [0.1, 0.15) is 34.0 Å². The summed E-state index contributed by atoms with van der Waals surface area (Å²) in [4.78, 5) is 18.2. The van der Waals surface area contributed by atoms with Crippen molar-refractivity contribution in [3.8, 4) is 0 Å². The summed E-state index contributed by atoms with van der Waals surface area (Å²) >= 11 is 0. The zero-order valence-corrected chi connectivity index (χ0v) is 18.8. The van der Waals surface area contributed by atoms with E-state index in [4.69, 9.17) is 0 Å². The standard InChI is InChI=1S/C21H28N4O.HI/c1-5-16-9-11-17(12-10-16)15-25(4)21(23-3)24-14-18-7-6-8-19(13-18)20(26)22-2;/h6-13H,5,14-15H2,1-4H3,(H,22,26)(H,23,24);1H. The predicted molar refractivity (Wildman–Crippen MR) is 123 cm³/mol. The number of halogens is 1. The SMILES string of the molecule is CCc1ccc(CN(C)C(=NC)NCc2cccc(C(=O)NC)c2)cc1.I. The number of nitrogens with zero attached hydrogens (tertiary/aromatic N) is 2. The first-order valence-electron chi connectivity index (χ1n) is 8.88. The number of benzene rings is 2. The molecule has 27 heavy (non-hydrogen) atoms. The monoisotopic (exact) mass is 480 g/mol. The summed E-state index contributed by atoms with van der Waals surface area (Å²) in [6, 6.07) is 16.3. The van der Waals surface area contributed by atoms with Crippen molar-refractivity contribution in [3.63, 3.8) is 0 Å². The number of amides is 1. The first-order valence-corrected chi connectivity index (χ1v) is 8.88. The number of guanidine groups is 1. The first kappa shape index (κ1) is 23.0. The topological polar surface area (TPSA) is 56.7 Å². The quantitative estimate of drug-likeness (QED) is 0.379. The second-order valence-corrected chi connectivity index (χ2v) is 6.21. The molecule has 0 unspecified atom stereocenters. The van der Waals surface area contributed by atoms with Crippen molar-refractivity contribution in [2.45, 2.75) is 26.4 Å². The Kier molecular flexibility index (Phi) is 9.85. The Labute approximate surface area is 179 Å². The van der Waals surface area contributed by atoms with E-state index < -0.39 is 0 Å². The van der Waals surface area contributed by atoms with Crippen LogP contribution in [0, 0.1) is 0 Å². The van der Waals surface area contributed by atoms with Gasteiger partial charge in [-0.1, -0.05) is 43.3 Å². The Morgan fingerprint density at radius 1 is 1.07 bits per heavy atom. The van der Waals surface area contributed by atoms with Crippen molar-refractivity contribution in [2.24, 2.45) is 4.99 Å². The molecule has 0 saturated heterocycles. The highest BCUT2D eigenvalue weighted by molar-refractivity contribution is 14.0. The lowest BCUT2D eigenvalue weighted by Gasteiger charge is -2.22. The number of hydrogen-bond donors (Lipinski definition) is 2. The van der Waals surface area contributed by atoms with Gasteiger partial charge in [-0.05, 0) is 35.2 Å². The number of carbonyl (C=O) groups excluding carboxylic acids is 1. The Morgan fingerprint density at radius 3 is 2.33 bits per heavy atom. The van der Waals surface area contributed by atoms with Crippen molar-refractivity contribution in [3.05, 3.63) is 70.8 Å². The largest absolute Gasteiger partial charge is 0.355 e. The van der Waals surface area contributed by atoms with Crippen LogP contribution < -0.4 is 10.6 Å². The number of rotatable bonds is 6. The maximum Gasteiger partial charge on any atom is 0.251 e. The van der Waals surface area contributed by atoms with Crippen molar-refractivity contribution in [2.75, 3.05) is 21.1 Å². The minimum absolute atomic E-state index is 0. The highest BCUT2D eigenvalue weighted by Gasteiger charge is 2.08. The highest BCUT2D eigenvalue weighted by atomic mass is 127. The van der Waals surface area contributed by atoms with Crippen LogP contribution in [0.25, 0.3) is 0 Å². The van der Waals surface area contributed by atoms with Gasteiger partial charge in [0.1, 0.15) is 0 Å². The van der Waals surface area contributed by atoms with Gasteiger partial charge >= 0.3 is 0 Å². The summed E-state index contributed by atoms with van der Waals surface area (Å²) in [5.41, 5.74) is 4.28. The van der Waals surface area contributed by atoms with Crippen molar-refractivity contribution < 1.29 is 4.79 Å². The van der Waals surface area contributed by atoms with Crippen LogP contribution in [0.4, 0.5) is 0 Å². The number of hydrogen-bond acceptors (Lipinski definition) is 2. The number of aryl methyl sites for hydroxylation is 1. The van der Waals surface area contributed by atoms with E-state index in [-0.39, 0.29) is 29.9 Å². The van der Waals surface area contributed by atoms with E-state index in [0.717, 1.165) is 24.5 Å². The van der Waals surface area contributed by atoms with Gasteiger partial charge in [-0.2, -0.15) is 0 Å².